The summed E-state index contributed by atoms with van der Waals surface area (Å²) in [6, 6.07) is 8.20. The minimum Gasteiger partial charge on any atom is -0.392 e. The molecular formula is C17H26O4S. The van der Waals surface area contributed by atoms with Crippen LogP contribution in [0.25, 0.3) is 0 Å². The van der Waals surface area contributed by atoms with Gasteiger partial charge >= 0.3 is 0 Å². The first-order valence-corrected chi connectivity index (χ1v) is 9.12. The maximum absolute atomic E-state index is 12.3. The van der Waals surface area contributed by atoms with E-state index in [4.69, 9.17) is 0 Å². The van der Waals surface area contributed by atoms with Crippen molar-refractivity contribution in [3.05, 3.63) is 43.0 Å². The van der Waals surface area contributed by atoms with Gasteiger partial charge in [0.2, 0.25) is 0 Å². The molecule has 22 heavy (non-hydrogen) atoms. The van der Waals surface area contributed by atoms with E-state index in [0.717, 1.165) is 0 Å². The van der Waals surface area contributed by atoms with Crippen LogP contribution < -0.4 is 0 Å². The van der Waals surface area contributed by atoms with Gasteiger partial charge in [-0.1, -0.05) is 45.0 Å². The van der Waals surface area contributed by atoms with Crippen molar-refractivity contribution in [1.82, 2.24) is 0 Å². The lowest BCUT2D eigenvalue weighted by Crippen LogP contribution is -2.39. The Labute approximate surface area is 133 Å². The van der Waals surface area contributed by atoms with Crippen molar-refractivity contribution in [3.8, 4) is 0 Å². The Kier molecular flexibility index (Phi) is 6.78. The summed E-state index contributed by atoms with van der Waals surface area (Å²) in [5.74, 6) is -1.24. The number of benzene rings is 1. The average molecular weight is 326 g/mol. The first kappa shape index (κ1) is 18.9. The molecule has 1 rings (SSSR count). The highest BCUT2D eigenvalue weighted by Crippen LogP contribution is 2.24. The molecule has 0 spiro atoms. The van der Waals surface area contributed by atoms with Gasteiger partial charge < -0.3 is 10.2 Å². The molecule has 2 N–H and O–H groups in total. The molecular weight excluding hydrogens is 300 g/mol. The van der Waals surface area contributed by atoms with Gasteiger partial charge in [-0.05, 0) is 18.1 Å². The topological polar surface area (TPSA) is 74.6 Å². The minimum absolute atomic E-state index is 0.155. The molecule has 0 saturated heterocycles. The van der Waals surface area contributed by atoms with Crippen LogP contribution in [0.4, 0.5) is 0 Å². The van der Waals surface area contributed by atoms with Gasteiger partial charge in [-0.25, -0.2) is 8.42 Å². The highest BCUT2D eigenvalue weighted by Gasteiger charge is 2.32. The Bertz CT molecular complexity index is 568. The van der Waals surface area contributed by atoms with Crippen molar-refractivity contribution in [2.45, 2.75) is 37.9 Å². The van der Waals surface area contributed by atoms with Gasteiger partial charge in [0, 0.05) is 11.8 Å². The third kappa shape index (κ3) is 4.66. The van der Waals surface area contributed by atoms with Crippen LogP contribution in [-0.4, -0.2) is 36.6 Å². The lowest BCUT2D eigenvalue weighted by molar-refractivity contribution is -0.0159. The van der Waals surface area contributed by atoms with Crippen LogP contribution in [0.1, 0.15) is 20.8 Å². The van der Waals surface area contributed by atoms with Crippen molar-refractivity contribution < 1.29 is 18.6 Å². The second-order valence-electron chi connectivity index (χ2n) is 6.01. The van der Waals surface area contributed by atoms with Crippen molar-refractivity contribution in [2.75, 3.05) is 5.75 Å². The molecule has 0 saturated carbocycles. The summed E-state index contributed by atoms with van der Waals surface area (Å²) in [5.41, 5.74) is 0. The average Bonchev–Trinajstić information content (AvgIpc) is 2.52. The standard InChI is InChI=1S/C17H26O4S/c1-5-12(2)16(18)14(4)17(19)13(3)11-22(20,21)15-9-7-6-8-10-15/h5-10,12-14,16-19H,1,11H2,2-4H3/t12-,13-,14-,16-,17-/m0/s1. The molecule has 0 aliphatic heterocycles. The molecule has 0 aliphatic rings. The van der Waals surface area contributed by atoms with Crippen LogP contribution in [0.15, 0.2) is 47.9 Å². The smallest absolute Gasteiger partial charge is 0.178 e. The highest BCUT2D eigenvalue weighted by atomic mass is 32.2. The second kappa shape index (κ2) is 7.90. The van der Waals surface area contributed by atoms with Gasteiger partial charge in [-0.15, -0.1) is 6.58 Å². The molecule has 0 fully saturated rings. The van der Waals surface area contributed by atoms with E-state index in [9.17, 15) is 18.6 Å². The van der Waals surface area contributed by atoms with E-state index in [1.807, 2.05) is 6.92 Å². The zero-order valence-electron chi connectivity index (χ0n) is 13.4. The molecule has 5 heteroatoms. The van der Waals surface area contributed by atoms with Gasteiger partial charge in [-0.2, -0.15) is 0 Å². The summed E-state index contributed by atoms with van der Waals surface area (Å²) < 4.78 is 24.7. The first-order chi connectivity index (χ1) is 10.2. The zero-order chi connectivity index (χ0) is 16.9. The quantitative estimate of drug-likeness (QED) is 0.719. The monoisotopic (exact) mass is 326 g/mol. The van der Waals surface area contributed by atoms with Crippen LogP contribution in [-0.2, 0) is 9.84 Å². The predicted molar refractivity (Wildman–Crippen MR) is 88.2 cm³/mol. The van der Waals surface area contributed by atoms with E-state index in [0.29, 0.717) is 0 Å². The van der Waals surface area contributed by atoms with Gasteiger partial charge in [0.05, 0.1) is 22.9 Å². The van der Waals surface area contributed by atoms with E-state index in [1.165, 1.54) is 0 Å². The van der Waals surface area contributed by atoms with Gasteiger partial charge in [0.25, 0.3) is 0 Å². The fraction of sp³-hybridized carbons (Fsp3) is 0.529. The van der Waals surface area contributed by atoms with E-state index in [1.54, 1.807) is 50.3 Å². The minimum atomic E-state index is -3.45. The molecule has 0 heterocycles. The molecule has 0 amide bonds. The molecule has 0 unspecified atom stereocenters. The lowest BCUT2D eigenvalue weighted by Gasteiger charge is -2.30. The van der Waals surface area contributed by atoms with Crippen LogP contribution in [0.5, 0.6) is 0 Å². The van der Waals surface area contributed by atoms with Crippen molar-refractivity contribution in [1.29, 1.82) is 0 Å². The first-order valence-electron chi connectivity index (χ1n) is 7.47. The number of hydrogen-bond acceptors (Lipinski definition) is 4. The number of hydrogen-bond donors (Lipinski definition) is 2. The summed E-state index contributed by atoms with van der Waals surface area (Å²) in [5, 5.41) is 20.5. The SMILES string of the molecule is C=C[C@H](C)[C@H](O)[C@H](C)[C@@H](O)[C@@H](C)CS(=O)(=O)c1ccccc1. The molecule has 0 bridgehead atoms. The molecule has 4 nitrogen and oxygen atoms in total. The van der Waals surface area contributed by atoms with E-state index >= 15 is 0 Å². The Balaban J connectivity index is 2.79. The molecule has 0 aliphatic carbocycles. The Morgan fingerprint density at radius 3 is 2.14 bits per heavy atom. The predicted octanol–water partition coefficient (Wildman–Crippen LogP) is 2.28. The Morgan fingerprint density at radius 1 is 1.09 bits per heavy atom. The summed E-state index contributed by atoms with van der Waals surface area (Å²) in [7, 11) is -3.45. The number of aliphatic hydroxyl groups excluding tert-OH is 2. The Morgan fingerprint density at radius 2 is 1.64 bits per heavy atom. The maximum atomic E-state index is 12.3. The van der Waals surface area contributed by atoms with Crippen LogP contribution >= 0.6 is 0 Å². The van der Waals surface area contributed by atoms with Crippen molar-refractivity contribution in [2.24, 2.45) is 17.8 Å². The highest BCUT2D eigenvalue weighted by molar-refractivity contribution is 7.91. The van der Waals surface area contributed by atoms with Crippen LogP contribution in [0, 0.1) is 17.8 Å². The van der Waals surface area contributed by atoms with Crippen LogP contribution in [0.3, 0.4) is 0 Å². The third-order valence-electron chi connectivity index (χ3n) is 4.16. The summed E-state index contributed by atoms with van der Waals surface area (Å²) >= 11 is 0. The fourth-order valence-electron chi connectivity index (χ4n) is 2.51. The fourth-order valence-corrected chi connectivity index (χ4v) is 4.16. The normalized spacial score (nSPS) is 19.0. The van der Waals surface area contributed by atoms with Gasteiger partial charge in [-0.3, -0.25) is 0 Å². The van der Waals surface area contributed by atoms with E-state index < -0.39 is 33.9 Å². The van der Waals surface area contributed by atoms with Crippen LogP contribution in [0.2, 0.25) is 0 Å². The van der Waals surface area contributed by atoms with Gasteiger partial charge in [0.15, 0.2) is 9.84 Å². The summed E-state index contributed by atoms with van der Waals surface area (Å²) in [6.45, 7) is 8.85. The van der Waals surface area contributed by atoms with E-state index in [-0.39, 0.29) is 16.6 Å². The zero-order valence-corrected chi connectivity index (χ0v) is 14.2. The van der Waals surface area contributed by atoms with Crippen molar-refractivity contribution >= 4 is 9.84 Å². The second-order valence-corrected chi connectivity index (χ2v) is 8.04. The van der Waals surface area contributed by atoms with Gasteiger partial charge in [0.1, 0.15) is 0 Å². The maximum Gasteiger partial charge on any atom is 0.178 e. The number of aliphatic hydroxyl groups is 2. The number of rotatable bonds is 8. The molecule has 5 atom stereocenters. The van der Waals surface area contributed by atoms with Crippen molar-refractivity contribution in [3.63, 3.8) is 0 Å². The molecule has 0 aromatic heterocycles. The largest absolute Gasteiger partial charge is 0.392 e. The summed E-state index contributed by atoms with van der Waals surface area (Å²) in [4.78, 5) is 0.252. The number of sulfone groups is 1. The van der Waals surface area contributed by atoms with E-state index in [2.05, 4.69) is 6.58 Å². The summed E-state index contributed by atoms with van der Waals surface area (Å²) in [6.07, 6.45) is -0.0375. The molecule has 124 valence electrons. The molecule has 1 aromatic rings. The molecule has 0 radical (unpaired) electrons. The Hall–Kier alpha value is -1.17. The molecule has 1 aromatic carbocycles. The lowest BCUT2D eigenvalue weighted by atomic mass is 9.85. The third-order valence-corrected chi connectivity index (χ3v) is 6.11.